The zero-order chi connectivity index (χ0) is 24.8. The minimum absolute atomic E-state index is 0.0277. The largest absolute Gasteiger partial charge is 0.493 e. The molecule has 0 saturated heterocycles. The Kier molecular flexibility index (Phi) is 7.47. The van der Waals surface area contributed by atoms with Crippen molar-refractivity contribution in [1.29, 1.82) is 0 Å². The normalized spacial score (nSPS) is 11.1. The highest BCUT2D eigenvalue weighted by atomic mass is 32.2. The second-order valence-electron chi connectivity index (χ2n) is 7.53. The van der Waals surface area contributed by atoms with E-state index in [2.05, 4.69) is 15.5 Å². The van der Waals surface area contributed by atoms with E-state index in [0.29, 0.717) is 27.6 Å². The number of fused-ring (bicyclic) bond motifs is 1. The first-order chi connectivity index (χ1) is 17.0. The van der Waals surface area contributed by atoms with E-state index in [9.17, 15) is 9.59 Å². The van der Waals surface area contributed by atoms with Gasteiger partial charge in [0.15, 0.2) is 16.7 Å². The Hall–Kier alpha value is -4.11. The van der Waals surface area contributed by atoms with Gasteiger partial charge in [-0.05, 0) is 54.4 Å². The molecule has 0 aliphatic rings. The van der Waals surface area contributed by atoms with Gasteiger partial charge in [0.05, 0.1) is 42.8 Å². The van der Waals surface area contributed by atoms with E-state index in [1.54, 1.807) is 49.1 Å². The number of methoxy groups -OCH3 is 2. The lowest BCUT2D eigenvalue weighted by Crippen LogP contribution is -2.24. The molecule has 0 aliphatic carbocycles. The van der Waals surface area contributed by atoms with Gasteiger partial charge in [-0.1, -0.05) is 42.1 Å². The molecule has 3 aromatic carbocycles. The van der Waals surface area contributed by atoms with Gasteiger partial charge in [0.25, 0.3) is 11.5 Å². The van der Waals surface area contributed by atoms with Crippen molar-refractivity contribution in [2.24, 2.45) is 5.10 Å². The highest BCUT2D eigenvalue weighted by molar-refractivity contribution is 7.99. The van der Waals surface area contributed by atoms with E-state index in [1.807, 2.05) is 43.3 Å². The summed E-state index contributed by atoms with van der Waals surface area (Å²) in [5, 5.41) is 4.97. The Morgan fingerprint density at radius 2 is 1.80 bits per heavy atom. The summed E-state index contributed by atoms with van der Waals surface area (Å²) in [6.45, 7) is 1.93. The molecule has 1 N–H and O–H groups in total. The monoisotopic (exact) mass is 488 g/mol. The molecule has 1 amide bonds. The van der Waals surface area contributed by atoms with Gasteiger partial charge in [-0.15, -0.1) is 0 Å². The third-order valence-corrected chi connectivity index (χ3v) is 6.18. The number of rotatable bonds is 8. The fraction of sp³-hybridized carbons (Fsp3) is 0.154. The first kappa shape index (κ1) is 24.0. The molecule has 0 radical (unpaired) electrons. The van der Waals surface area contributed by atoms with Crippen LogP contribution in [0, 0.1) is 6.92 Å². The van der Waals surface area contributed by atoms with Gasteiger partial charge in [0.2, 0.25) is 0 Å². The molecule has 4 rings (SSSR count). The maximum atomic E-state index is 13.3. The van der Waals surface area contributed by atoms with Gasteiger partial charge < -0.3 is 9.47 Å². The lowest BCUT2D eigenvalue weighted by molar-refractivity contribution is -0.118. The molecular formula is C26H24N4O4S. The summed E-state index contributed by atoms with van der Waals surface area (Å²) in [6, 6.07) is 20.1. The Balaban J connectivity index is 1.53. The zero-order valence-corrected chi connectivity index (χ0v) is 20.3. The highest BCUT2D eigenvalue weighted by Crippen LogP contribution is 2.27. The van der Waals surface area contributed by atoms with Crippen LogP contribution in [0.3, 0.4) is 0 Å². The van der Waals surface area contributed by atoms with E-state index in [1.165, 1.54) is 18.0 Å². The number of carbonyl (C=O) groups excluding carboxylic acids is 1. The van der Waals surface area contributed by atoms with Crippen LogP contribution < -0.4 is 20.5 Å². The number of hydrogen-bond acceptors (Lipinski definition) is 7. The fourth-order valence-corrected chi connectivity index (χ4v) is 4.31. The number of aromatic nitrogens is 2. The lowest BCUT2D eigenvalue weighted by Gasteiger charge is -2.14. The molecule has 8 nitrogen and oxygen atoms in total. The number of nitrogens with zero attached hydrogens (tertiary/aromatic N) is 3. The average Bonchev–Trinajstić information content (AvgIpc) is 2.88. The minimum Gasteiger partial charge on any atom is -0.493 e. The van der Waals surface area contributed by atoms with Crippen LogP contribution >= 0.6 is 11.8 Å². The molecule has 0 aliphatic heterocycles. The number of nitrogens with one attached hydrogen (secondary N) is 1. The highest BCUT2D eigenvalue weighted by Gasteiger charge is 2.15. The van der Waals surface area contributed by atoms with Gasteiger partial charge in [0.1, 0.15) is 0 Å². The summed E-state index contributed by atoms with van der Waals surface area (Å²) < 4.78 is 12.1. The summed E-state index contributed by atoms with van der Waals surface area (Å²) >= 11 is 1.17. The van der Waals surface area contributed by atoms with Crippen LogP contribution in [-0.2, 0) is 4.79 Å². The number of aryl methyl sites for hydroxylation is 1. The molecule has 9 heteroatoms. The molecule has 0 fully saturated rings. The average molecular weight is 489 g/mol. The van der Waals surface area contributed by atoms with Gasteiger partial charge >= 0.3 is 0 Å². The van der Waals surface area contributed by atoms with Gasteiger partial charge in [-0.2, -0.15) is 5.10 Å². The quantitative estimate of drug-likeness (QED) is 0.175. The topological polar surface area (TPSA) is 94.8 Å². The first-order valence-corrected chi connectivity index (χ1v) is 11.7. The molecule has 4 aromatic rings. The van der Waals surface area contributed by atoms with Crippen LogP contribution in [-0.4, -0.2) is 41.6 Å². The van der Waals surface area contributed by atoms with Crippen LogP contribution in [0.2, 0.25) is 0 Å². The van der Waals surface area contributed by atoms with Crippen molar-refractivity contribution in [2.45, 2.75) is 12.1 Å². The number of hydrogen-bond donors (Lipinski definition) is 1. The number of carbonyl (C=O) groups is 1. The number of hydrazone groups is 1. The third-order valence-electron chi connectivity index (χ3n) is 5.24. The summed E-state index contributed by atoms with van der Waals surface area (Å²) in [7, 11) is 3.11. The molecule has 1 heterocycles. The molecular weight excluding hydrogens is 464 g/mol. The molecule has 35 heavy (non-hydrogen) atoms. The van der Waals surface area contributed by atoms with Crippen LogP contribution in [0.5, 0.6) is 11.5 Å². The molecule has 0 saturated carbocycles. The number of para-hydroxylation sites is 2. The molecule has 1 aromatic heterocycles. The van der Waals surface area contributed by atoms with Crippen LogP contribution in [0.1, 0.15) is 11.1 Å². The van der Waals surface area contributed by atoms with Crippen molar-refractivity contribution in [1.82, 2.24) is 15.0 Å². The summed E-state index contributed by atoms with van der Waals surface area (Å²) in [4.78, 5) is 30.5. The molecule has 0 bridgehead atoms. The van der Waals surface area contributed by atoms with Crippen molar-refractivity contribution in [2.75, 3.05) is 20.0 Å². The SMILES string of the molecule is COc1ccc(C=NNC(=O)CSc2nc3ccccc3c(=O)n2-c2ccccc2C)cc1OC. The smallest absolute Gasteiger partial charge is 0.266 e. The molecule has 0 unspecified atom stereocenters. The van der Waals surface area contributed by atoms with Crippen molar-refractivity contribution in [3.8, 4) is 17.2 Å². The van der Waals surface area contributed by atoms with E-state index < -0.39 is 0 Å². The Labute approximate surface area is 206 Å². The predicted octanol–water partition coefficient (Wildman–Crippen LogP) is 3.95. The van der Waals surface area contributed by atoms with Crippen molar-refractivity contribution in [3.63, 3.8) is 0 Å². The van der Waals surface area contributed by atoms with Crippen LogP contribution in [0.4, 0.5) is 0 Å². The summed E-state index contributed by atoms with van der Waals surface area (Å²) in [5.41, 5.74) is 5.30. The molecule has 178 valence electrons. The maximum Gasteiger partial charge on any atom is 0.266 e. The van der Waals surface area contributed by atoms with Crippen molar-refractivity contribution >= 4 is 34.8 Å². The van der Waals surface area contributed by atoms with E-state index in [4.69, 9.17) is 9.47 Å². The van der Waals surface area contributed by atoms with Crippen molar-refractivity contribution < 1.29 is 14.3 Å². The second-order valence-corrected chi connectivity index (χ2v) is 8.48. The van der Waals surface area contributed by atoms with E-state index in [-0.39, 0.29) is 17.2 Å². The number of ether oxygens (including phenoxy) is 2. The van der Waals surface area contributed by atoms with Gasteiger partial charge in [0, 0.05) is 0 Å². The van der Waals surface area contributed by atoms with E-state index in [0.717, 1.165) is 16.8 Å². The number of thioether (sulfide) groups is 1. The second kappa shape index (κ2) is 10.9. The van der Waals surface area contributed by atoms with Gasteiger partial charge in [-0.25, -0.2) is 10.4 Å². The fourth-order valence-electron chi connectivity index (χ4n) is 3.51. The third kappa shape index (κ3) is 5.36. The Bertz CT molecular complexity index is 1470. The molecule has 0 atom stereocenters. The van der Waals surface area contributed by atoms with Gasteiger partial charge in [-0.3, -0.25) is 14.2 Å². The molecule has 0 spiro atoms. The Morgan fingerprint density at radius 1 is 1.06 bits per heavy atom. The van der Waals surface area contributed by atoms with Crippen LogP contribution in [0.15, 0.2) is 81.8 Å². The van der Waals surface area contributed by atoms with Crippen LogP contribution in [0.25, 0.3) is 16.6 Å². The van der Waals surface area contributed by atoms with E-state index >= 15 is 0 Å². The Morgan fingerprint density at radius 3 is 2.57 bits per heavy atom. The maximum absolute atomic E-state index is 13.3. The summed E-state index contributed by atoms with van der Waals surface area (Å²) in [6.07, 6.45) is 1.52. The summed E-state index contributed by atoms with van der Waals surface area (Å²) in [5.74, 6) is 0.868. The number of amides is 1. The zero-order valence-electron chi connectivity index (χ0n) is 19.5. The number of benzene rings is 3. The predicted molar refractivity (Wildman–Crippen MR) is 138 cm³/mol. The minimum atomic E-state index is -0.328. The van der Waals surface area contributed by atoms with Crippen molar-refractivity contribution in [3.05, 3.63) is 88.2 Å². The first-order valence-electron chi connectivity index (χ1n) is 10.8. The lowest BCUT2D eigenvalue weighted by atomic mass is 10.2. The standard InChI is InChI=1S/C26H24N4O4S/c1-17-8-4-7-11-21(17)30-25(32)19-9-5-6-10-20(19)28-26(30)35-16-24(31)29-27-15-18-12-13-22(33-2)23(14-18)34-3/h4-15H,16H2,1-3H3,(H,29,31).